The Balaban J connectivity index is 1.49. The molecule has 168 valence electrons. The third kappa shape index (κ3) is 5.16. The first-order valence-electron chi connectivity index (χ1n) is 10.3. The van der Waals surface area contributed by atoms with E-state index in [0.717, 1.165) is 11.1 Å². The van der Waals surface area contributed by atoms with Gasteiger partial charge >= 0.3 is 0 Å². The van der Waals surface area contributed by atoms with Crippen LogP contribution in [0.2, 0.25) is 0 Å². The summed E-state index contributed by atoms with van der Waals surface area (Å²) in [5.41, 5.74) is 2.09. The van der Waals surface area contributed by atoms with E-state index in [1.165, 1.54) is 6.07 Å². The Morgan fingerprint density at radius 2 is 1.81 bits per heavy atom. The second kappa shape index (κ2) is 9.79. The molecule has 1 heterocycles. The molecule has 1 aliphatic rings. The number of hydrogen-bond acceptors (Lipinski definition) is 5. The number of sulfonamides is 1. The molecule has 1 saturated heterocycles. The van der Waals surface area contributed by atoms with Crippen molar-refractivity contribution in [2.24, 2.45) is 0 Å². The van der Waals surface area contributed by atoms with Crippen LogP contribution < -0.4 is 9.46 Å². The molecule has 0 unspecified atom stereocenters. The van der Waals surface area contributed by atoms with Crippen LogP contribution in [0.25, 0.3) is 0 Å². The van der Waals surface area contributed by atoms with Crippen molar-refractivity contribution in [1.82, 2.24) is 9.79 Å². The summed E-state index contributed by atoms with van der Waals surface area (Å²) in [6.07, 6.45) is 0. The lowest BCUT2D eigenvalue weighted by atomic mass is 10.0. The Morgan fingerprint density at radius 1 is 1.06 bits per heavy atom. The van der Waals surface area contributed by atoms with Crippen molar-refractivity contribution < 1.29 is 22.4 Å². The van der Waals surface area contributed by atoms with Gasteiger partial charge in [-0.15, -0.1) is 0 Å². The maximum atomic E-state index is 13.9. The first-order valence-corrected chi connectivity index (χ1v) is 11.8. The molecule has 3 aromatic carbocycles. The van der Waals surface area contributed by atoms with Crippen LogP contribution in [-0.2, 0) is 28.0 Å². The highest BCUT2D eigenvalue weighted by atomic mass is 32.2. The van der Waals surface area contributed by atoms with E-state index in [9.17, 15) is 12.8 Å². The van der Waals surface area contributed by atoms with E-state index in [2.05, 4.69) is 4.72 Å². The number of hydroxylamine groups is 2. The third-order valence-corrected chi connectivity index (χ3v) is 7.19. The maximum Gasteiger partial charge on any atom is 0.219 e. The molecule has 0 aromatic heterocycles. The van der Waals surface area contributed by atoms with Crippen molar-refractivity contribution >= 4 is 10.0 Å². The van der Waals surface area contributed by atoms with Gasteiger partial charge in [0.2, 0.25) is 10.0 Å². The van der Waals surface area contributed by atoms with Crippen molar-refractivity contribution in [3.8, 4) is 5.75 Å². The quantitative estimate of drug-likeness (QED) is 0.558. The summed E-state index contributed by atoms with van der Waals surface area (Å²) < 4.78 is 48.5. The number of benzene rings is 3. The molecule has 4 rings (SSSR count). The minimum Gasteiger partial charge on any atom is -0.489 e. The highest BCUT2D eigenvalue weighted by molar-refractivity contribution is 7.90. The van der Waals surface area contributed by atoms with Gasteiger partial charge in [-0.2, -0.15) is 5.06 Å². The molecule has 0 saturated carbocycles. The van der Waals surface area contributed by atoms with Gasteiger partial charge in [-0.3, -0.25) is 4.84 Å². The number of nitrogens with zero attached hydrogens (tertiary/aromatic N) is 1. The number of rotatable bonds is 8. The van der Waals surface area contributed by atoms with Crippen LogP contribution in [0, 0.1) is 5.82 Å². The van der Waals surface area contributed by atoms with Crippen LogP contribution >= 0.6 is 0 Å². The van der Waals surface area contributed by atoms with Gasteiger partial charge in [0.05, 0.1) is 12.6 Å². The SMILES string of the molecule is CN1OC[C@@H](S(=O)(=O)NCc2ccccc2F)[C@H]1c1cccc(OCc2ccccc2)c1. The molecule has 1 N–H and O–H groups in total. The summed E-state index contributed by atoms with van der Waals surface area (Å²) in [7, 11) is -2.09. The standard InChI is InChI=1S/C24H25FN2O4S/c1-27-24(19-11-7-12-21(14-19)30-16-18-8-3-2-4-9-18)23(17-31-27)32(28,29)26-15-20-10-5-6-13-22(20)25/h2-14,23-24,26H,15-17H2,1H3/t23-,24-/m1/s1. The summed E-state index contributed by atoms with van der Waals surface area (Å²) in [5, 5.41) is 0.687. The van der Waals surface area contributed by atoms with E-state index in [-0.39, 0.29) is 18.7 Å². The van der Waals surface area contributed by atoms with E-state index >= 15 is 0 Å². The molecular weight excluding hydrogens is 431 g/mol. The van der Waals surface area contributed by atoms with E-state index < -0.39 is 27.1 Å². The third-order valence-electron chi connectivity index (χ3n) is 5.45. The molecular formula is C24H25FN2O4S. The lowest BCUT2D eigenvalue weighted by molar-refractivity contribution is -0.110. The minimum atomic E-state index is -3.80. The molecule has 1 fully saturated rings. The highest BCUT2D eigenvalue weighted by Crippen LogP contribution is 2.34. The molecule has 6 nitrogen and oxygen atoms in total. The first kappa shape index (κ1) is 22.4. The van der Waals surface area contributed by atoms with Gasteiger partial charge in [0.25, 0.3) is 0 Å². The van der Waals surface area contributed by atoms with Crippen molar-refractivity contribution in [2.45, 2.75) is 24.4 Å². The van der Waals surface area contributed by atoms with Crippen molar-refractivity contribution in [2.75, 3.05) is 13.7 Å². The number of halogens is 1. The molecule has 2 atom stereocenters. The lowest BCUT2D eigenvalue weighted by Crippen LogP contribution is -2.39. The Labute approximate surface area is 187 Å². The van der Waals surface area contributed by atoms with Crippen LogP contribution in [0.1, 0.15) is 22.7 Å². The zero-order chi connectivity index (χ0) is 22.6. The van der Waals surface area contributed by atoms with Crippen LogP contribution in [-0.4, -0.2) is 32.4 Å². The fraction of sp³-hybridized carbons (Fsp3) is 0.250. The van der Waals surface area contributed by atoms with E-state index in [0.29, 0.717) is 12.4 Å². The van der Waals surface area contributed by atoms with Gasteiger partial charge in [-0.05, 0) is 29.3 Å². The Morgan fingerprint density at radius 3 is 2.59 bits per heavy atom. The molecule has 0 spiro atoms. The molecule has 0 bridgehead atoms. The van der Waals surface area contributed by atoms with Crippen molar-refractivity contribution in [3.05, 3.63) is 101 Å². The van der Waals surface area contributed by atoms with Gasteiger partial charge in [-0.25, -0.2) is 17.5 Å². The molecule has 1 aliphatic heterocycles. The van der Waals surface area contributed by atoms with E-state index in [1.54, 1.807) is 30.3 Å². The summed E-state index contributed by atoms with van der Waals surface area (Å²) in [4.78, 5) is 5.56. The van der Waals surface area contributed by atoms with Crippen LogP contribution in [0.5, 0.6) is 5.75 Å². The highest BCUT2D eigenvalue weighted by Gasteiger charge is 2.43. The predicted octanol–water partition coefficient (Wildman–Crippen LogP) is 3.81. The normalized spacial score (nSPS) is 19.2. The van der Waals surface area contributed by atoms with Gasteiger partial charge in [0.1, 0.15) is 23.4 Å². The molecule has 3 aromatic rings. The Kier molecular flexibility index (Phi) is 6.86. The van der Waals surface area contributed by atoms with Crippen molar-refractivity contribution in [3.63, 3.8) is 0 Å². The maximum absolute atomic E-state index is 13.9. The second-order valence-corrected chi connectivity index (χ2v) is 9.61. The smallest absolute Gasteiger partial charge is 0.219 e. The van der Waals surface area contributed by atoms with Gasteiger partial charge < -0.3 is 4.74 Å². The summed E-state index contributed by atoms with van der Waals surface area (Å²) in [5.74, 6) is 0.192. The minimum absolute atomic E-state index is 0.00285. The zero-order valence-electron chi connectivity index (χ0n) is 17.6. The van der Waals surface area contributed by atoms with E-state index in [1.807, 2.05) is 54.6 Å². The summed E-state index contributed by atoms with van der Waals surface area (Å²) in [6, 6.07) is 22.7. The average molecular weight is 457 g/mol. The lowest BCUT2D eigenvalue weighted by Gasteiger charge is -2.23. The second-order valence-electron chi connectivity index (χ2n) is 7.63. The van der Waals surface area contributed by atoms with Crippen LogP contribution in [0.3, 0.4) is 0 Å². The fourth-order valence-electron chi connectivity index (χ4n) is 3.74. The van der Waals surface area contributed by atoms with Gasteiger partial charge in [-0.1, -0.05) is 60.7 Å². The Bertz CT molecular complexity index is 1160. The molecule has 32 heavy (non-hydrogen) atoms. The largest absolute Gasteiger partial charge is 0.489 e. The number of nitrogens with one attached hydrogen (secondary N) is 1. The summed E-state index contributed by atoms with van der Waals surface area (Å²) in [6.45, 7) is 0.290. The van der Waals surface area contributed by atoms with Gasteiger partial charge in [0.15, 0.2) is 0 Å². The predicted molar refractivity (Wildman–Crippen MR) is 120 cm³/mol. The first-order chi connectivity index (χ1) is 15.4. The zero-order valence-corrected chi connectivity index (χ0v) is 18.5. The van der Waals surface area contributed by atoms with Gasteiger partial charge in [0, 0.05) is 19.2 Å². The summed E-state index contributed by atoms with van der Waals surface area (Å²) >= 11 is 0. The van der Waals surface area contributed by atoms with Crippen LogP contribution in [0.15, 0.2) is 78.9 Å². The van der Waals surface area contributed by atoms with E-state index in [4.69, 9.17) is 9.57 Å². The fourth-order valence-corrected chi connectivity index (χ4v) is 5.22. The Hall–Kier alpha value is -2.78. The molecule has 8 heteroatoms. The number of hydrogen-bond donors (Lipinski definition) is 1. The molecule has 0 aliphatic carbocycles. The van der Waals surface area contributed by atoms with Crippen LogP contribution in [0.4, 0.5) is 4.39 Å². The molecule has 0 amide bonds. The monoisotopic (exact) mass is 456 g/mol. The average Bonchev–Trinajstić information content (AvgIpc) is 3.20. The van der Waals surface area contributed by atoms with Crippen molar-refractivity contribution in [1.29, 1.82) is 0 Å². The number of ether oxygens (including phenoxy) is 1. The molecule has 0 radical (unpaired) electrons. The topological polar surface area (TPSA) is 67.9 Å².